The van der Waals surface area contributed by atoms with E-state index in [1.165, 1.54) is 0 Å². The van der Waals surface area contributed by atoms with Gasteiger partial charge >= 0.3 is 0 Å². The van der Waals surface area contributed by atoms with Gasteiger partial charge in [-0.15, -0.1) is 0 Å². The Morgan fingerprint density at radius 3 is 2.61 bits per heavy atom. The van der Waals surface area contributed by atoms with Gasteiger partial charge in [-0.25, -0.2) is 0 Å². The summed E-state index contributed by atoms with van der Waals surface area (Å²) < 4.78 is 7.42. The number of nitrogens with one attached hydrogen (secondary N) is 2. The van der Waals surface area contributed by atoms with Crippen LogP contribution in [0.25, 0.3) is 27.6 Å². The van der Waals surface area contributed by atoms with Crippen LogP contribution in [0.1, 0.15) is 26.0 Å². The summed E-state index contributed by atoms with van der Waals surface area (Å²) in [5.41, 5.74) is 4.59. The molecule has 38 heavy (non-hydrogen) atoms. The zero-order valence-electron chi connectivity index (χ0n) is 22.5. The van der Waals surface area contributed by atoms with Crippen molar-refractivity contribution in [1.82, 2.24) is 14.8 Å². The first-order valence-corrected chi connectivity index (χ1v) is 13.2. The van der Waals surface area contributed by atoms with Gasteiger partial charge in [0.05, 0.1) is 19.3 Å². The molecule has 200 valence electrons. The predicted octanol–water partition coefficient (Wildman–Crippen LogP) is 3.77. The average Bonchev–Trinajstić information content (AvgIpc) is 3.33. The van der Waals surface area contributed by atoms with Crippen LogP contribution in [0.15, 0.2) is 54.1 Å². The number of aliphatic hydroxyl groups excluding tert-OH is 1. The number of rotatable bonds is 10. The van der Waals surface area contributed by atoms with Crippen LogP contribution in [-0.4, -0.2) is 72.5 Å². The number of aromatic nitrogens is 1. The first kappa shape index (κ1) is 27.4. The lowest BCUT2D eigenvalue weighted by Crippen LogP contribution is -2.38. The summed E-state index contributed by atoms with van der Waals surface area (Å²) in [7, 11) is 1.94. The molecule has 1 fully saturated rings. The van der Waals surface area contributed by atoms with Crippen LogP contribution in [0, 0.1) is 11.3 Å². The maximum absolute atomic E-state index is 12.6. The summed E-state index contributed by atoms with van der Waals surface area (Å²) in [6.07, 6.45) is -0.0967. The maximum Gasteiger partial charge on any atom is 0.262 e. The summed E-state index contributed by atoms with van der Waals surface area (Å²) in [4.78, 5) is 15.0. The molecule has 8 nitrogen and oxygen atoms in total. The molecule has 1 unspecified atom stereocenters. The number of nitriles is 1. The summed E-state index contributed by atoms with van der Waals surface area (Å²) in [6, 6.07) is 18.8. The Bertz CT molecular complexity index is 1350. The Labute approximate surface area is 224 Å². The highest BCUT2D eigenvalue weighted by Gasteiger charge is 2.18. The van der Waals surface area contributed by atoms with Crippen molar-refractivity contribution in [3.8, 4) is 17.3 Å². The first-order valence-electron chi connectivity index (χ1n) is 13.2. The number of nitrogens with zero attached hydrogens (tertiary/aromatic N) is 3. The number of aliphatic hydroxyl groups is 1. The minimum Gasteiger partial charge on any atom is -0.391 e. The van der Waals surface area contributed by atoms with E-state index in [0.29, 0.717) is 12.0 Å². The fourth-order valence-electron chi connectivity index (χ4n) is 4.75. The van der Waals surface area contributed by atoms with E-state index in [-0.39, 0.29) is 12.1 Å². The van der Waals surface area contributed by atoms with Crippen molar-refractivity contribution in [1.29, 1.82) is 5.26 Å². The van der Waals surface area contributed by atoms with Crippen molar-refractivity contribution in [2.45, 2.75) is 26.4 Å². The van der Waals surface area contributed by atoms with Crippen LogP contribution in [0.3, 0.4) is 0 Å². The molecule has 0 bridgehead atoms. The van der Waals surface area contributed by atoms with E-state index in [2.05, 4.69) is 51.9 Å². The number of ether oxygens (including phenoxy) is 1. The van der Waals surface area contributed by atoms with Gasteiger partial charge in [-0.2, -0.15) is 5.26 Å². The van der Waals surface area contributed by atoms with Crippen molar-refractivity contribution in [3.05, 3.63) is 59.8 Å². The number of carbonyl (C=O) groups excluding carboxylic acids is 1. The van der Waals surface area contributed by atoms with E-state index in [1.807, 2.05) is 36.7 Å². The van der Waals surface area contributed by atoms with E-state index in [0.717, 1.165) is 72.8 Å². The van der Waals surface area contributed by atoms with E-state index in [1.54, 1.807) is 6.92 Å². The highest BCUT2D eigenvalue weighted by Crippen LogP contribution is 2.30. The molecule has 1 atom stereocenters. The number of hydrogen-bond acceptors (Lipinski definition) is 6. The van der Waals surface area contributed by atoms with Crippen LogP contribution < -0.4 is 10.6 Å². The molecule has 2 heterocycles. The second-order valence-electron chi connectivity index (χ2n) is 9.70. The fourth-order valence-corrected chi connectivity index (χ4v) is 4.75. The third kappa shape index (κ3) is 6.43. The molecule has 0 spiro atoms. The lowest BCUT2D eigenvalue weighted by molar-refractivity contribution is -0.117. The third-order valence-electron chi connectivity index (χ3n) is 7.19. The van der Waals surface area contributed by atoms with Gasteiger partial charge in [0, 0.05) is 56.8 Å². The van der Waals surface area contributed by atoms with E-state index in [9.17, 15) is 15.2 Å². The van der Waals surface area contributed by atoms with E-state index >= 15 is 0 Å². The van der Waals surface area contributed by atoms with Gasteiger partial charge < -0.3 is 25.0 Å². The minimum absolute atomic E-state index is 0.0493. The molecule has 4 rings (SSSR count). The Kier molecular flexibility index (Phi) is 9.19. The Morgan fingerprint density at radius 2 is 1.87 bits per heavy atom. The second kappa shape index (κ2) is 12.7. The van der Waals surface area contributed by atoms with Gasteiger partial charge in [0.15, 0.2) is 0 Å². The number of benzene rings is 2. The average molecular weight is 516 g/mol. The van der Waals surface area contributed by atoms with Crippen molar-refractivity contribution < 1.29 is 14.6 Å². The first-order chi connectivity index (χ1) is 18.4. The van der Waals surface area contributed by atoms with Crippen molar-refractivity contribution in [3.63, 3.8) is 0 Å². The summed E-state index contributed by atoms with van der Waals surface area (Å²) in [5, 5.41) is 27.9. The summed E-state index contributed by atoms with van der Waals surface area (Å²) >= 11 is 0. The minimum atomic E-state index is -0.629. The molecular formula is C30H37N5O3. The maximum atomic E-state index is 12.6. The smallest absolute Gasteiger partial charge is 0.262 e. The molecule has 1 amide bonds. The molecule has 8 heteroatoms. The highest BCUT2D eigenvalue weighted by molar-refractivity contribution is 6.04. The Balaban J connectivity index is 1.48. The number of amides is 1. The van der Waals surface area contributed by atoms with Gasteiger partial charge in [0.2, 0.25) is 0 Å². The molecule has 1 saturated heterocycles. The summed E-state index contributed by atoms with van der Waals surface area (Å²) in [6.45, 7) is 9.25. The quantitative estimate of drug-likeness (QED) is 0.281. The number of morpholine rings is 1. The van der Waals surface area contributed by atoms with Crippen molar-refractivity contribution in [2.24, 2.45) is 7.05 Å². The lowest BCUT2D eigenvalue weighted by atomic mass is 10.0. The normalized spacial score (nSPS) is 15.6. The molecule has 1 aliphatic rings. The number of allylic oxidation sites excluding steroid dienone is 1. The lowest BCUT2D eigenvalue weighted by Gasteiger charge is -2.26. The molecule has 1 aliphatic heterocycles. The molecule has 0 radical (unpaired) electrons. The zero-order valence-corrected chi connectivity index (χ0v) is 22.5. The Hall–Kier alpha value is -3.64. The van der Waals surface area contributed by atoms with Crippen LogP contribution in [0.2, 0.25) is 0 Å². The number of anilines is 1. The largest absolute Gasteiger partial charge is 0.391 e. The van der Waals surface area contributed by atoms with Gasteiger partial charge in [0.1, 0.15) is 11.6 Å². The highest BCUT2D eigenvalue weighted by atomic mass is 16.5. The van der Waals surface area contributed by atoms with Gasteiger partial charge in [-0.3, -0.25) is 9.69 Å². The number of hydrogen-bond donors (Lipinski definition) is 3. The third-order valence-corrected chi connectivity index (χ3v) is 7.19. The number of carbonyl (C=O) groups is 1. The van der Waals surface area contributed by atoms with Crippen LogP contribution in [0.5, 0.6) is 0 Å². The number of fused-ring (bicyclic) bond motifs is 1. The van der Waals surface area contributed by atoms with Crippen LogP contribution in [-0.2, 0) is 16.6 Å². The van der Waals surface area contributed by atoms with Gasteiger partial charge in [-0.1, -0.05) is 25.1 Å². The topological polar surface area (TPSA) is 103 Å². The molecule has 3 N–H and O–H groups in total. The molecule has 1 aromatic heterocycles. The summed E-state index contributed by atoms with van der Waals surface area (Å²) in [5.74, 6) is -0.472. The van der Waals surface area contributed by atoms with Gasteiger partial charge in [-0.05, 0) is 65.6 Å². The van der Waals surface area contributed by atoms with E-state index < -0.39 is 12.0 Å². The molecule has 0 saturated carbocycles. The monoisotopic (exact) mass is 515 g/mol. The van der Waals surface area contributed by atoms with Crippen LogP contribution >= 0.6 is 0 Å². The molecule has 2 aromatic carbocycles. The second-order valence-corrected chi connectivity index (χ2v) is 9.70. The van der Waals surface area contributed by atoms with Crippen molar-refractivity contribution >= 4 is 27.9 Å². The SMILES string of the molecule is CCC(O)CNC(=O)/C(C#N)=C(\C)c1ccc(-c2ccc3cc(NCCN4CCOCC4)ccc3c2)n1C. The molecular weight excluding hydrogens is 478 g/mol. The molecule has 3 aromatic rings. The molecule has 0 aliphatic carbocycles. The predicted molar refractivity (Wildman–Crippen MR) is 152 cm³/mol. The Morgan fingerprint density at radius 1 is 1.13 bits per heavy atom. The standard InChI is InChI=1S/C30H37N5O3/c1-4-26(36)20-33-30(37)27(19-31)21(2)28-9-10-29(34(28)3)24-6-5-23-18-25(8-7-22(23)17-24)32-11-12-35-13-15-38-16-14-35/h5-10,17-18,26,32,36H,4,11-16,20H2,1-3H3,(H,33,37)/b27-21+. The fraction of sp³-hybridized carbons (Fsp3) is 0.400. The zero-order chi connectivity index (χ0) is 27.1. The van der Waals surface area contributed by atoms with Gasteiger partial charge in [0.25, 0.3) is 5.91 Å². The van der Waals surface area contributed by atoms with E-state index in [4.69, 9.17) is 4.74 Å². The van der Waals surface area contributed by atoms with Crippen molar-refractivity contribution in [2.75, 3.05) is 51.3 Å². The van der Waals surface area contributed by atoms with Crippen LogP contribution in [0.4, 0.5) is 5.69 Å².